The molecule has 176 valence electrons. The molecule has 3 rings (SSSR count). The summed E-state index contributed by atoms with van der Waals surface area (Å²) < 4.78 is 5.41. The van der Waals surface area contributed by atoms with Gasteiger partial charge in [0.05, 0.1) is 12.5 Å². The standard InChI is InChI=1S/C25H30N2O6/c1-16(10-11-24(30)31)13-26-23(29)12-17(28)14-27-25(32)33-15-22-20-8-4-2-6-18(20)19-7-3-5-9-21(19)22/h2-9,16-17,22,28H,10-15H2,1H3,(H,26,29)(H,27,32)(H,30,31). The molecule has 8 heteroatoms. The van der Waals surface area contributed by atoms with Crippen LogP contribution in [-0.2, 0) is 14.3 Å². The van der Waals surface area contributed by atoms with E-state index in [9.17, 15) is 19.5 Å². The van der Waals surface area contributed by atoms with Crippen LogP contribution in [-0.4, -0.2) is 54.0 Å². The lowest BCUT2D eigenvalue weighted by molar-refractivity contribution is -0.137. The van der Waals surface area contributed by atoms with Crippen molar-refractivity contribution < 1.29 is 29.3 Å². The largest absolute Gasteiger partial charge is 0.481 e. The SMILES string of the molecule is CC(CCC(=O)O)CNC(=O)CC(O)CNC(=O)OCC1c2ccccc2-c2ccccc21. The average Bonchev–Trinajstić information content (AvgIpc) is 3.12. The molecular weight excluding hydrogens is 424 g/mol. The number of amides is 2. The van der Waals surface area contributed by atoms with E-state index in [1.807, 2.05) is 43.3 Å². The Morgan fingerprint density at radius 2 is 1.58 bits per heavy atom. The molecule has 0 saturated heterocycles. The minimum Gasteiger partial charge on any atom is -0.481 e. The number of aliphatic carboxylic acids is 1. The Morgan fingerprint density at radius 1 is 0.970 bits per heavy atom. The molecule has 33 heavy (non-hydrogen) atoms. The predicted molar refractivity (Wildman–Crippen MR) is 123 cm³/mol. The summed E-state index contributed by atoms with van der Waals surface area (Å²) in [6.45, 7) is 2.24. The first kappa shape index (κ1) is 24.3. The molecular formula is C25H30N2O6. The number of carboxylic acids is 1. The lowest BCUT2D eigenvalue weighted by Crippen LogP contribution is -2.37. The first-order valence-electron chi connectivity index (χ1n) is 11.1. The van der Waals surface area contributed by atoms with Crippen molar-refractivity contribution in [2.45, 2.75) is 38.2 Å². The highest BCUT2D eigenvalue weighted by Crippen LogP contribution is 2.44. The normalized spacial score (nSPS) is 14.0. The molecule has 2 amide bonds. The first-order valence-corrected chi connectivity index (χ1v) is 11.1. The third-order valence-electron chi connectivity index (χ3n) is 5.75. The van der Waals surface area contributed by atoms with Gasteiger partial charge in [0, 0.05) is 25.4 Å². The van der Waals surface area contributed by atoms with Crippen molar-refractivity contribution in [2.24, 2.45) is 5.92 Å². The summed E-state index contributed by atoms with van der Waals surface area (Å²) in [6.07, 6.45) is -1.38. The van der Waals surface area contributed by atoms with Crippen LogP contribution in [0.15, 0.2) is 48.5 Å². The zero-order valence-electron chi connectivity index (χ0n) is 18.6. The number of hydrogen-bond acceptors (Lipinski definition) is 5. The van der Waals surface area contributed by atoms with Crippen LogP contribution in [0, 0.1) is 5.92 Å². The molecule has 2 aromatic carbocycles. The van der Waals surface area contributed by atoms with E-state index in [1.54, 1.807) is 0 Å². The van der Waals surface area contributed by atoms with Crippen LogP contribution in [0.2, 0.25) is 0 Å². The Hall–Kier alpha value is -3.39. The maximum atomic E-state index is 12.2. The molecule has 0 spiro atoms. The first-order chi connectivity index (χ1) is 15.8. The maximum absolute atomic E-state index is 12.2. The summed E-state index contributed by atoms with van der Waals surface area (Å²) in [5, 5.41) is 23.9. The third kappa shape index (κ3) is 6.79. The Balaban J connectivity index is 1.39. The summed E-state index contributed by atoms with van der Waals surface area (Å²) >= 11 is 0. The Labute approximate surface area is 193 Å². The smallest absolute Gasteiger partial charge is 0.407 e. The van der Waals surface area contributed by atoms with Gasteiger partial charge < -0.3 is 25.6 Å². The summed E-state index contributed by atoms with van der Waals surface area (Å²) in [6, 6.07) is 16.1. The van der Waals surface area contributed by atoms with Gasteiger partial charge in [-0.2, -0.15) is 0 Å². The second-order valence-corrected chi connectivity index (χ2v) is 8.41. The molecule has 2 atom stereocenters. The van der Waals surface area contributed by atoms with Gasteiger partial charge in [0.2, 0.25) is 5.91 Å². The van der Waals surface area contributed by atoms with Gasteiger partial charge in [-0.05, 0) is 34.6 Å². The van der Waals surface area contributed by atoms with E-state index in [4.69, 9.17) is 9.84 Å². The van der Waals surface area contributed by atoms with E-state index in [1.165, 1.54) is 0 Å². The highest BCUT2D eigenvalue weighted by Gasteiger charge is 2.29. The van der Waals surface area contributed by atoms with Gasteiger partial charge in [0.25, 0.3) is 0 Å². The number of aliphatic hydroxyl groups excluding tert-OH is 1. The number of rotatable bonds is 11. The number of carbonyl (C=O) groups is 3. The van der Waals surface area contributed by atoms with Crippen molar-refractivity contribution >= 4 is 18.0 Å². The van der Waals surface area contributed by atoms with Gasteiger partial charge in [-0.3, -0.25) is 9.59 Å². The van der Waals surface area contributed by atoms with Crippen molar-refractivity contribution in [3.05, 3.63) is 59.7 Å². The van der Waals surface area contributed by atoms with Crippen LogP contribution >= 0.6 is 0 Å². The van der Waals surface area contributed by atoms with Gasteiger partial charge in [0.1, 0.15) is 6.61 Å². The summed E-state index contributed by atoms with van der Waals surface area (Å²) in [5.74, 6) is -1.27. The fourth-order valence-corrected chi connectivity index (χ4v) is 3.97. The Kier molecular flexibility index (Phi) is 8.43. The van der Waals surface area contributed by atoms with Crippen LogP contribution in [0.4, 0.5) is 4.79 Å². The van der Waals surface area contributed by atoms with Crippen molar-refractivity contribution in [3.63, 3.8) is 0 Å². The molecule has 0 bridgehead atoms. The molecule has 0 saturated carbocycles. The van der Waals surface area contributed by atoms with Gasteiger partial charge >= 0.3 is 12.1 Å². The molecule has 0 heterocycles. The van der Waals surface area contributed by atoms with Gasteiger partial charge in [-0.1, -0.05) is 55.5 Å². The van der Waals surface area contributed by atoms with E-state index < -0.39 is 18.2 Å². The van der Waals surface area contributed by atoms with E-state index in [0.29, 0.717) is 13.0 Å². The topological polar surface area (TPSA) is 125 Å². The number of alkyl carbamates (subject to hydrolysis) is 1. The van der Waals surface area contributed by atoms with Gasteiger partial charge in [-0.15, -0.1) is 0 Å². The second-order valence-electron chi connectivity index (χ2n) is 8.41. The van der Waals surface area contributed by atoms with E-state index in [2.05, 4.69) is 22.8 Å². The van der Waals surface area contributed by atoms with Gasteiger partial charge in [-0.25, -0.2) is 4.79 Å². The van der Waals surface area contributed by atoms with Crippen LogP contribution in [0.3, 0.4) is 0 Å². The zero-order valence-corrected chi connectivity index (χ0v) is 18.6. The number of benzene rings is 2. The molecule has 0 aliphatic heterocycles. The molecule has 1 aliphatic rings. The lowest BCUT2D eigenvalue weighted by Gasteiger charge is -2.16. The van der Waals surface area contributed by atoms with E-state index >= 15 is 0 Å². The lowest BCUT2D eigenvalue weighted by atomic mass is 9.98. The second kappa shape index (κ2) is 11.5. The fourth-order valence-electron chi connectivity index (χ4n) is 3.97. The van der Waals surface area contributed by atoms with Crippen molar-refractivity contribution in [1.29, 1.82) is 0 Å². The third-order valence-corrected chi connectivity index (χ3v) is 5.75. The highest BCUT2D eigenvalue weighted by atomic mass is 16.5. The number of ether oxygens (including phenoxy) is 1. The summed E-state index contributed by atoms with van der Waals surface area (Å²) in [7, 11) is 0. The molecule has 2 aromatic rings. The van der Waals surface area contributed by atoms with Crippen LogP contribution in [0.1, 0.15) is 43.2 Å². The van der Waals surface area contributed by atoms with Crippen molar-refractivity contribution in [3.8, 4) is 11.1 Å². The number of fused-ring (bicyclic) bond motifs is 3. The zero-order chi connectivity index (χ0) is 23.8. The maximum Gasteiger partial charge on any atom is 0.407 e. The molecule has 1 aliphatic carbocycles. The van der Waals surface area contributed by atoms with Crippen LogP contribution in [0.25, 0.3) is 11.1 Å². The molecule has 0 fully saturated rings. The van der Waals surface area contributed by atoms with Crippen LogP contribution < -0.4 is 10.6 Å². The Morgan fingerprint density at radius 3 is 2.18 bits per heavy atom. The Bertz CT molecular complexity index is 947. The van der Waals surface area contributed by atoms with E-state index in [0.717, 1.165) is 22.3 Å². The fraction of sp³-hybridized carbons (Fsp3) is 0.400. The molecule has 2 unspecified atom stereocenters. The van der Waals surface area contributed by atoms with Crippen molar-refractivity contribution in [2.75, 3.05) is 19.7 Å². The van der Waals surface area contributed by atoms with Gasteiger partial charge in [0.15, 0.2) is 0 Å². The molecule has 4 N–H and O–H groups in total. The van der Waals surface area contributed by atoms with Crippen LogP contribution in [0.5, 0.6) is 0 Å². The minimum atomic E-state index is -1.06. The number of aliphatic hydroxyl groups is 1. The molecule has 8 nitrogen and oxygen atoms in total. The number of hydrogen-bond donors (Lipinski definition) is 4. The van der Waals surface area contributed by atoms with E-state index in [-0.39, 0.29) is 43.7 Å². The molecule has 0 radical (unpaired) electrons. The predicted octanol–water partition coefficient (Wildman–Crippen LogP) is 2.89. The number of carbonyl (C=O) groups excluding carboxylic acids is 2. The summed E-state index contributed by atoms with van der Waals surface area (Å²) in [4.78, 5) is 34.7. The summed E-state index contributed by atoms with van der Waals surface area (Å²) in [5.41, 5.74) is 4.50. The average molecular weight is 455 g/mol. The highest BCUT2D eigenvalue weighted by molar-refractivity contribution is 5.79. The number of carboxylic acid groups (broad SMARTS) is 1. The minimum absolute atomic E-state index is 0.0149. The molecule has 0 aromatic heterocycles. The quantitative estimate of drug-likeness (QED) is 0.414. The number of nitrogens with one attached hydrogen (secondary N) is 2. The van der Waals surface area contributed by atoms with Crippen molar-refractivity contribution in [1.82, 2.24) is 10.6 Å². The monoisotopic (exact) mass is 454 g/mol.